The van der Waals surface area contributed by atoms with Crippen LogP contribution >= 0.6 is 0 Å². The van der Waals surface area contributed by atoms with Crippen LogP contribution in [0.4, 0.5) is 0 Å². The summed E-state index contributed by atoms with van der Waals surface area (Å²) in [5.74, 6) is 0.789. The summed E-state index contributed by atoms with van der Waals surface area (Å²) in [5.41, 5.74) is -0.457. The van der Waals surface area contributed by atoms with E-state index in [4.69, 9.17) is 4.74 Å². The van der Waals surface area contributed by atoms with E-state index < -0.39 is 5.60 Å². The van der Waals surface area contributed by atoms with Gasteiger partial charge in [-0.1, -0.05) is 6.92 Å². The highest BCUT2D eigenvalue weighted by Gasteiger charge is 2.31. The van der Waals surface area contributed by atoms with Crippen molar-refractivity contribution in [3.63, 3.8) is 0 Å². The van der Waals surface area contributed by atoms with Gasteiger partial charge in [0.25, 0.3) is 0 Å². The molecule has 1 saturated carbocycles. The van der Waals surface area contributed by atoms with Crippen LogP contribution < -0.4 is 5.32 Å². The molecular weight excluding hydrogens is 214 g/mol. The Morgan fingerprint density at radius 1 is 1.24 bits per heavy atom. The van der Waals surface area contributed by atoms with E-state index in [1.165, 1.54) is 19.3 Å². The van der Waals surface area contributed by atoms with Crippen LogP contribution in [-0.4, -0.2) is 36.5 Å². The molecule has 0 bridgehead atoms. The first-order valence-corrected chi connectivity index (χ1v) is 7.23. The zero-order valence-electron chi connectivity index (χ0n) is 11.1. The van der Waals surface area contributed by atoms with Crippen LogP contribution in [0.1, 0.15) is 51.9 Å². The van der Waals surface area contributed by atoms with Crippen molar-refractivity contribution in [1.82, 2.24) is 5.32 Å². The maximum atomic E-state index is 10.4. The molecule has 1 saturated heterocycles. The third-order valence-corrected chi connectivity index (χ3v) is 4.31. The summed E-state index contributed by atoms with van der Waals surface area (Å²) in [7, 11) is 0. The van der Waals surface area contributed by atoms with E-state index in [1.54, 1.807) is 0 Å². The minimum atomic E-state index is -0.457. The lowest BCUT2D eigenvalue weighted by Gasteiger charge is -2.35. The van der Waals surface area contributed by atoms with Gasteiger partial charge in [-0.2, -0.15) is 0 Å². The molecule has 3 nitrogen and oxygen atoms in total. The Morgan fingerprint density at radius 2 is 2.00 bits per heavy atom. The molecular formula is C14H27NO2. The lowest BCUT2D eigenvalue weighted by atomic mass is 9.79. The van der Waals surface area contributed by atoms with E-state index >= 15 is 0 Å². The Hall–Kier alpha value is -0.120. The van der Waals surface area contributed by atoms with Crippen LogP contribution in [0.2, 0.25) is 0 Å². The van der Waals surface area contributed by atoms with Gasteiger partial charge in [-0.05, 0) is 50.9 Å². The molecule has 1 heterocycles. The van der Waals surface area contributed by atoms with Crippen molar-refractivity contribution in [2.75, 3.05) is 19.7 Å². The third kappa shape index (κ3) is 4.23. The molecule has 2 aliphatic rings. The minimum absolute atomic E-state index is 0.370. The van der Waals surface area contributed by atoms with Gasteiger partial charge >= 0.3 is 0 Å². The fraction of sp³-hybridized carbons (Fsp3) is 1.00. The largest absolute Gasteiger partial charge is 0.389 e. The number of nitrogens with one attached hydrogen (secondary N) is 1. The van der Waals surface area contributed by atoms with E-state index in [1.807, 2.05) is 0 Å². The van der Waals surface area contributed by atoms with E-state index in [-0.39, 0.29) is 0 Å². The van der Waals surface area contributed by atoms with Crippen molar-refractivity contribution in [2.24, 2.45) is 5.92 Å². The standard InChI is InChI=1S/C14H27NO2/c1-12-5-7-14(16,8-6-12)11-15-10-13-4-2-3-9-17-13/h12-13,15-16H,2-11H2,1H3. The van der Waals surface area contributed by atoms with Crippen molar-refractivity contribution in [3.8, 4) is 0 Å². The highest BCUT2D eigenvalue weighted by molar-refractivity contribution is 4.86. The summed E-state index contributed by atoms with van der Waals surface area (Å²) in [6.07, 6.45) is 8.26. The number of hydrogen-bond donors (Lipinski definition) is 2. The van der Waals surface area contributed by atoms with Gasteiger partial charge in [-0.3, -0.25) is 0 Å². The number of ether oxygens (including phenoxy) is 1. The summed E-state index contributed by atoms with van der Waals surface area (Å²) < 4.78 is 5.67. The van der Waals surface area contributed by atoms with Crippen LogP contribution in [0.25, 0.3) is 0 Å². The molecule has 1 aliphatic heterocycles. The molecule has 0 spiro atoms. The molecule has 1 unspecified atom stereocenters. The molecule has 1 aliphatic carbocycles. The summed E-state index contributed by atoms with van der Waals surface area (Å²) >= 11 is 0. The molecule has 2 rings (SSSR count). The van der Waals surface area contributed by atoms with E-state index in [2.05, 4.69) is 12.2 Å². The first kappa shape index (κ1) is 13.3. The van der Waals surface area contributed by atoms with E-state index in [0.717, 1.165) is 51.3 Å². The van der Waals surface area contributed by atoms with Crippen LogP contribution in [0, 0.1) is 5.92 Å². The minimum Gasteiger partial charge on any atom is -0.389 e. The van der Waals surface area contributed by atoms with Crippen molar-refractivity contribution >= 4 is 0 Å². The molecule has 2 fully saturated rings. The fourth-order valence-corrected chi connectivity index (χ4v) is 2.91. The van der Waals surface area contributed by atoms with Crippen LogP contribution in [0.3, 0.4) is 0 Å². The van der Waals surface area contributed by atoms with Crippen molar-refractivity contribution < 1.29 is 9.84 Å². The van der Waals surface area contributed by atoms with Gasteiger partial charge < -0.3 is 15.2 Å². The number of aliphatic hydroxyl groups is 1. The lowest BCUT2D eigenvalue weighted by molar-refractivity contribution is -0.0163. The van der Waals surface area contributed by atoms with Crippen molar-refractivity contribution in [3.05, 3.63) is 0 Å². The molecule has 3 heteroatoms. The quantitative estimate of drug-likeness (QED) is 0.792. The summed E-state index contributed by atoms with van der Waals surface area (Å²) in [5, 5.41) is 13.8. The van der Waals surface area contributed by atoms with Gasteiger partial charge in [0.15, 0.2) is 0 Å². The second kappa shape index (κ2) is 6.17. The maximum absolute atomic E-state index is 10.4. The predicted octanol–water partition coefficient (Wildman–Crippen LogP) is 2.09. The van der Waals surface area contributed by atoms with Gasteiger partial charge in [0.05, 0.1) is 11.7 Å². The third-order valence-electron chi connectivity index (χ3n) is 4.31. The van der Waals surface area contributed by atoms with Gasteiger partial charge in [0, 0.05) is 19.7 Å². The van der Waals surface area contributed by atoms with Gasteiger partial charge in [0.2, 0.25) is 0 Å². The second-order valence-corrected chi connectivity index (χ2v) is 6.03. The summed E-state index contributed by atoms with van der Waals surface area (Å²) in [6, 6.07) is 0. The highest BCUT2D eigenvalue weighted by Crippen LogP contribution is 2.31. The molecule has 0 amide bonds. The normalized spacial score (nSPS) is 39.2. The molecule has 1 atom stereocenters. The van der Waals surface area contributed by atoms with Crippen LogP contribution in [-0.2, 0) is 4.74 Å². The van der Waals surface area contributed by atoms with E-state index in [0.29, 0.717) is 6.10 Å². The van der Waals surface area contributed by atoms with E-state index in [9.17, 15) is 5.11 Å². The van der Waals surface area contributed by atoms with Gasteiger partial charge in [-0.25, -0.2) is 0 Å². The summed E-state index contributed by atoms with van der Waals surface area (Å²) in [4.78, 5) is 0. The Kier molecular flexibility index (Phi) is 4.83. The monoisotopic (exact) mass is 241 g/mol. The van der Waals surface area contributed by atoms with Crippen molar-refractivity contribution in [2.45, 2.75) is 63.6 Å². The smallest absolute Gasteiger partial charge is 0.0771 e. The lowest BCUT2D eigenvalue weighted by Crippen LogP contribution is -2.45. The first-order chi connectivity index (χ1) is 8.18. The fourth-order valence-electron chi connectivity index (χ4n) is 2.91. The molecule has 0 radical (unpaired) electrons. The zero-order chi connectivity index (χ0) is 12.1. The Morgan fingerprint density at radius 3 is 2.65 bits per heavy atom. The molecule has 17 heavy (non-hydrogen) atoms. The average Bonchev–Trinajstić information content (AvgIpc) is 2.35. The predicted molar refractivity (Wildman–Crippen MR) is 69.0 cm³/mol. The van der Waals surface area contributed by atoms with Gasteiger partial charge in [-0.15, -0.1) is 0 Å². The Bertz CT molecular complexity index is 218. The van der Waals surface area contributed by atoms with Crippen LogP contribution in [0.15, 0.2) is 0 Å². The van der Waals surface area contributed by atoms with Crippen LogP contribution in [0.5, 0.6) is 0 Å². The Balaban J connectivity index is 1.63. The SMILES string of the molecule is CC1CCC(O)(CNCC2CCCCO2)CC1. The maximum Gasteiger partial charge on any atom is 0.0771 e. The Labute approximate surface area is 105 Å². The molecule has 2 N–H and O–H groups in total. The second-order valence-electron chi connectivity index (χ2n) is 6.03. The highest BCUT2D eigenvalue weighted by atomic mass is 16.5. The molecule has 0 aromatic rings. The average molecular weight is 241 g/mol. The zero-order valence-corrected chi connectivity index (χ0v) is 11.1. The van der Waals surface area contributed by atoms with Gasteiger partial charge in [0.1, 0.15) is 0 Å². The number of hydrogen-bond acceptors (Lipinski definition) is 3. The summed E-state index contributed by atoms with van der Waals surface area (Å²) in [6.45, 7) is 4.83. The topological polar surface area (TPSA) is 41.5 Å². The number of rotatable bonds is 4. The molecule has 100 valence electrons. The van der Waals surface area contributed by atoms with Crippen molar-refractivity contribution in [1.29, 1.82) is 0 Å². The first-order valence-electron chi connectivity index (χ1n) is 7.23. The molecule has 0 aromatic carbocycles. The molecule has 0 aromatic heterocycles.